The van der Waals surface area contributed by atoms with Crippen LogP contribution in [0.2, 0.25) is 0 Å². The van der Waals surface area contributed by atoms with Crippen LogP contribution in [0.3, 0.4) is 0 Å². The van der Waals surface area contributed by atoms with Gasteiger partial charge in [-0.1, -0.05) is 27.2 Å². The Kier molecular flexibility index (Phi) is 7.09. The van der Waals surface area contributed by atoms with Crippen molar-refractivity contribution in [2.24, 2.45) is 0 Å². The summed E-state index contributed by atoms with van der Waals surface area (Å²) in [5.74, 6) is 0. The van der Waals surface area contributed by atoms with Crippen molar-refractivity contribution in [1.82, 2.24) is 15.1 Å². The van der Waals surface area contributed by atoms with Gasteiger partial charge in [0.15, 0.2) is 0 Å². The van der Waals surface area contributed by atoms with Crippen LogP contribution in [0.4, 0.5) is 0 Å². The maximum absolute atomic E-state index is 3.62. The minimum atomic E-state index is 0.686. The van der Waals surface area contributed by atoms with Crippen LogP contribution in [0.1, 0.15) is 40.0 Å². The second-order valence-electron chi connectivity index (χ2n) is 5.35. The smallest absolute Gasteiger partial charge is 0.0218 e. The summed E-state index contributed by atoms with van der Waals surface area (Å²) in [5, 5.41) is 3.62. The molecule has 1 N–H and O–H groups in total. The van der Waals surface area contributed by atoms with E-state index in [1.54, 1.807) is 0 Å². The molecule has 102 valence electrons. The third-order valence-electron chi connectivity index (χ3n) is 3.94. The van der Waals surface area contributed by atoms with Crippen molar-refractivity contribution in [2.75, 3.05) is 39.8 Å². The lowest BCUT2D eigenvalue weighted by molar-refractivity contribution is 0.0851. The van der Waals surface area contributed by atoms with Crippen LogP contribution in [0, 0.1) is 0 Å². The van der Waals surface area contributed by atoms with Gasteiger partial charge in [-0.05, 0) is 26.4 Å². The number of hydrogen-bond acceptors (Lipinski definition) is 3. The van der Waals surface area contributed by atoms with Crippen LogP contribution >= 0.6 is 0 Å². The molecular weight excluding hydrogens is 210 g/mol. The van der Waals surface area contributed by atoms with E-state index in [1.807, 2.05) is 0 Å². The zero-order valence-corrected chi connectivity index (χ0v) is 12.2. The Hall–Kier alpha value is -0.120. The standard InChI is InChI=1S/C14H31N3/c1-5-8-13(15-7-3)11-17-10-9-16(4)14(6-2)12-17/h13-15H,5-12H2,1-4H3. The molecule has 3 nitrogen and oxygen atoms in total. The molecule has 1 saturated heterocycles. The molecule has 2 atom stereocenters. The average Bonchev–Trinajstić information content (AvgIpc) is 2.32. The van der Waals surface area contributed by atoms with Gasteiger partial charge in [0, 0.05) is 38.3 Å². The van der Waals surface area contributed by atoms with Crippen LogP contribution < -0.4 is 5.32 Å². The Morgan fingerprint density at radius 2 is 2.00 bits per heavy atom. The Morgan fingerprint density at radius 1 is 1.24 bits per heavy atom. The molecule has 0 amide bonds. The van der Waals surface area contributed by atoms with E-state index in [1.165, 1.54) is 45.4 Å². The summed E-state index contributed by atoms with van der Waals surface area (Å²) in [6, 6.07) is 1.44. The van der Waals surface area contributed by atoms with Crippen molar-refractivity contribution in [2.45, 2.75) is 52.1 Å². The van der Waals surface area contributed by atoms with Crippen molar-refractivity contribution in [3.05, 3.63) is 0 Å². The van der Waals surface area contributed by atoms with Gasteiger partial charge in [0.1, 0.15) is 0 Å². The predicted molar refractivity (Wildman–Crippen MR) is 75.5 cm³/mol. The van der Waals surface area contributed by atoms with Gasteiger partial charge in [0.2, 0.25) is 0 Å². The zero-order chi connectivity index (χ0) is 12.7. The number of piperazine rings is 1. The van der Waals surface area contributed by atoms with E-state index in [0.717, 1.165) is 12.6 Å². The van der Waals surface area contributed by atoms with Gasteiger partial charge in [-0.2, -0.15) is 0 Å². The molecule has 0 aliphatic carbocycles. The number of rotatable bonds is 7. The molecule has 3 heteroatoms. The van der Waals surface area contributed by atoms with Gasteiger partial charge in [-0.3, -0.25) is 4.90 Å². The maximum atomic E-state index is 3.62. The average molecular weight is 241 g/mol. The molecule has 0 bridgehead atoms. The fourth-order valence-electron chi connectivity index (χ4n) is 2.82. The van der Waals surface area contributed by atoms with Crippen LogP contribution in [-0.4, -0.2) is 61.7 Å². The summed E-state index contributed by atoms with van der Waals surface area (Å²) in [4.78, 5) is 5.16. The van der Waals surface area contributed by atoms with Crippen LogP contribution in [0.15, 0.2) is 0 Å². The number of likely N-dealkylation sites (N-methyl/N-ethyl adjacent to an activating group) is 2. The summed E-state index contributed by atoms with van der Waals surface area (Å²) in [6.07, 6.45) is 3.85. The molecule has 2 unspecified atom stereocenters. The molecule has 0 aromatic carbocycles. The fourth-order valence-corrected chi connectivity index (χ4v) is 2.82. The van der Waals surface area contributed by atoms with E-state index in [2.05, 4.69) is 42.9 Å². The molecule has 0 radical (unpaired) electrons. The normalized spacial score (nSPS) is 25.1. The highest BCUT2D eigenvalue weighted by molar-refractivity contribution is 4.82. The van der Waals surface area contributed by atoms with Crippen molar-refractivity contribution in [3.8, 4) is 0 Å². The van der Waals surface area contributed by atoms with Gasteiger partial charge in [-0.15, -0.1) is 0 Å². The molecule has 1 aliphatic rings. The largest absolute Gasteiger partial charge is 0.313 e. The Morgan fingerprint density at radius 3 is 2.59 bits per heavy atom. The molecular formula is C14H31N3. The molecule has 0 saturated carbocycles. The van der Waals surface area contributed by atoms with E-state index in [0.29, 0.717) is 6.04 Å². The maximum Gasteiger partial charge on any atom is 0.0218 e. The van der Waals surface area contributed by atoms with Gasteiger partial charge >= 0.3 is 0 Å². The van der Waals surface area contributed by atoms with E-state index in [-0.39, 0.29) is 0 Å². The quantitative estimate of drug-likeness (QED) is 0.733. The van der Waals surface area contributed by atoms with Crippen LogP contribution in [0.25, 0.3) is 0 Å². The zero-order valence-electron chi connectivity index (χ0n) is 12.2. The van der Waals surface area contributed by atoms with Gasteiger partial charge in [0.25, 0.3) is 0 Å². The topological polar surface area (TPSA) is 18.5 Å². The highest BCUT2D eigenvalue weighted by Gasteiger charge is 2.24. The van der Waals surface area contributed by atoms with Gasteiger partial charge in [0.05, 0.1) is 0 Å². The molecule has 17 heavy (non-hydrogen) atoms. The first-order valence-electron chi connectivity index (χ1n) is 7.37. The number of nitrogens with one attached hydrogen (secondary N) is 1. The summed E-state index contributed by atoms with van der Waals surface area (Å²) in [7, 11) is 2.26. The lowest BCUT2D eigenvalue weighted by Crippen LogP contribution is -2.54. The van der Waals surface area contributed by atoms with Crippen molar-refractivity contribution >= 4 is 0 Å². The molecule has 0 spiro atoms. The Labute approximate surface area is 108 Å². The van der Waals surface area contributed by atoms with Crippen molar-refractivity contribution < 1.29 is 0 Å². The van der Waals surface area contributed by atoms with Crippen LogP contribution in [-0.2, 0) is 0 Å². The van der Waals surface area contributed by atoms with Crippen molar-refractivity contribution in [1.29, 1.82) is 0 Å². The second-order valence-corrected chi connectivity index (χ2v) is 5.35. The minimum absolute atomic E-state index is 0.686. The third-order valence-corrected chi connectivity index (χ3v) is 3.94. The van der Waals surface area contributed by atoms with E-state index in [4.69, 9.17) is 0 Å². The van der Waals surface area contributed by atoms with Crippen LogP contribution in [0.5, 0.6) is 0 Å². The van der Waals surface area contributed by atoms with Gasteiger partial charge in [-0.25, -0.2) is 0 Å². The summed E-state index contributed by atoms with van der Waals surface area (Å²) >= 11 is 0. The lowest BCUT2D eigenvalue weighted by atomic mass is 10.1. The first kappa shape index (κ1) is 14.9. The molecule has 1 aliphatic heterocycles. The predicted octanol–water partition coefficient (Wildman–Crippen LogP) is 1.79. The molecule has 0 aromatic rings. The van der Waals surface area contributed by atoms with E-state index in [9.17, 15) is 0 Å². The summed E-state index contributed by atoms with van der Waals surface area (Å²) in [5.41, 5.74) is 0. The summed E-state index contributed by atoms with van der Waals surface area (Å²) < 4.78 is 0. The molecule has 1 rings (SSSR count). The molecule has 1 heterocycles. The molecule has 0 aromatic heterocycles. The summed E-state index contributed by atoms with van der Waals surface area (Å²) in [6.45, 7) is 12.8. The van der Waals surface area contributed by atoms with E-state index < -0.39 is 0 Å². The first-order valence-corrected chi connectivity index (χ1v) is 7.37. The lowest BCUT2D eigenvalue weighted by Gasteiger charge is -2.40. The Balaban J connectivity index is 2.38. The highest BCUT2D eigenvalue weighted by atomic mass is 15.3. The number of nitrogens with zero attached hydrogens (tertiary/aromatic N) is 2. The first-order chi connectivity index (χ1) is 8.21. The second kappa shape index (κ2) is 8.06. The number of hydrogen-bond donors (Lipinski definition) is 1. The molecule has 1 fully saturated rings. The third kappa shape index (κ3) is 4.94. The minimum Gasteiger partial charge on any atom is -0.313 e. The van der Waals surface area contributed by atoms with Gasteiger partial charge < -0.3 is 10.2 Å². The van der Waals surface area contributed by atoms with E-state index >= 15 is 0 Å². The van der Waals surface area contributed by atoms with Crippen molar-refractivity contribution in [3.63, 3.8) is 0 Å². The Bertz CT molecular complexity index is 190. The fraction of sp³-hybridized carbons (Fsp3) is 1.00. The SMILES string of the molecule is CCCC(CN1CCN(C)C(CC)C1)NCC. The highest BCUT2D eigenvalue weighted by Crippen LogP contribution is 2.12. The monoisotopic (exact) mass is 241 g/mol.